The molecule has 0 fully saturated rings. The van der Waals surface area contributed by atoms with Gasteiger partial charge >= 0.3 is 5.69 Å². The second-order valence-electron chi connectivity index (χ2n) is 6.85. The minimum atomic E-state index is -0.343. The zero-order chi connectivity index (χ0) is 18.5. The number of aromatic nitrogens is 2. The number of carbonyl (C=O) groups excluding carboxylic acids is 1. The molecule has 6 heteroatoms. The molecule has 1 aliphatic rings. The van der Waals surface area contributed by atoms with Crippen LogP contribution in [0.25, 0.3) is 0 Å². The van der Waals surface area contributed by atoms with Gasteiger partial charge in [-0.05, 0) is 56.2 Å². The smallest absolute Gasteiger partial charge is 0.345 e. The van der Waals surface area contributed by atoms with Crippen LogP contribution >= 0.6 is 0 Å². The van der Waals surface area contributed by atoms with Gasteiger partial charge in [-0.25, -0.2) is 4.79 Å². The summed E-state index contributed by atoms with van der Waals surface area (Å²) in [6.45, 7) is 4.97. The van der Waals surface area contributed by atoms with Crippen LogP contribution < -0.4 is 15.7 Å². The van der Waals surface area contributed by atoms with E-state index in [0.717, 1.165) is 29.8 Å². The van der Waals surface area contributed by atoms with E-state index in [0.29, 0.717) is 37.6 Å². The van der Waals surface area contributed by atoms with Gasteiger partial charge in [0, 0.05) is 24.4 Å². The first kappa shape index (κ1) is 18.2. The third-order valence-electron chi connectivity index (χ3n) is 4.91. The van der Waals surface area contributed by atoms with Gasteiger partial charge in [-0.2, -0.15) is 4.98 Å². The van der Waals surface area contributed by atoms with Crippen LogP contribution in [0.15, 0.2) is 29.1 Å². The number of aromatic amines is 1. The minimum Gasteiger partial charge on any atom is -0.493 e. The Morgan fingerprint density at radius 1 is 1.35 bits per heavy atom. The van der Waals surface area contributed by atoms with Gasteiger partial charge in [-0.1, -0.05) is 18.2 Å². The standard InChI is InChI=1S/C20H25N3O3/c1-13-17(14(2)23-20(25)22-13)7-8-19(24)21-12-15-9-10-26-18-6-4-3-5-16(18)11-15/h3-6,15H,7-12H2,1-2H3,(H,21,24)(H,22,23,25). The highest BCUT2D eigenvalue weighted by Gasteiger charge is 2.18. The summed E-state index contributed by atoms with van der Waals surface area (Å²) in [5.74, 6) is 1.35. The third kappa shape index (κ3) is 4.50. The van der Waals surface area contributed by atoms with Gasteiger partial charge in [0.15, 0.2) is 0 Å². The van der Waals surface area contributed by atoms with E-state index < -0.39 is 0 Å². The Balaban J connectivity index is 1.51. The average molecular weight is 355 g/mol. The number of benzene rings is 1. The van der Waals surface area contributed by atoms with E-state index in [9.17, 15) is 9.59 Å². The topological polar surface area (TPSA) is 84.1 Å². The lowest BCUT2D eigenvalue weighted by molar-refractivity contribution is -0.121. The first-order valence-electron chi connectivity index (χ1n) is 9.06. The maximum atomic E-state index is 12.2. The highest BCUT2D eigenvalue weighted by atomic mass is 16.5. The molecule has 1 unspecified atom stereocenters. The number of H-pyrrole nitrogens is 1. The predicted octanol–water partition coefficient (Wildman–Crippen LogP) is 2.08. The van der Waals surface area contributed by atoms with Crippen molar-refractivity contribution in [3.8, 4) is 5.75 Å². The SMILES string of the molecule is Cc1nc(=O)[nH]c(C)c1CCC(=O)NCC1CCOc2ccccc2C1. The van der Waals surface area contributed by atoms with Gasteiger partial charge in [0.1, 0.15) is 5.75 Å². The Bertz CT molecular complexity index is 818. The van der Waals surface area contributed by atoms with Crippen molar-refractivity contribution < 1.29 is 9.53 Å². The van der Waals surface area contributed by atoms with Crippen molar-refractivity contribution in [3.05, 3.63) is 57.3 Å². The largest absolute Gasteiger partial charge is 0.493 e. The fourth-order valence-electron chi connectivity index (χ4n) is 3.44. The zero-order valence-electron chi connectivity index (χ0n) is 15.3. The molecule has 2 N–H and O–H groups in total. The van der Waals surface area contributed by atoms with Crippen LogP contribution in [-0.2, 0) is 17.6 Å². The van der Waals surface area contributed by atoms with E-state index in [1.165, 1.54) is 5.56 Å². The van der Waals surface area contributed by atoms with Crippen molar-refractivity contribution in [1.29, 1.82) is 0 Å². The molecular weight excluding hydrogens is 330 g/mol. The quantitative estimate of drug-likeness (QED) is 0.860. The van der Waals surface area contributed by atoms with Gasteiger partial charge in [0.2, 0.25) is 5.91 Å². The number of para-hydroxylation sites is 1. The summed E-state index contributed by atoms with van der Waals surface area (Å²) in [7, 11) is 0. The third-order valence-corrected chi connectivity index (χ3v) is 4.91. The highest BCUT2D eigenvalue weighted by Crippen LogP contribution is 2.26. The van der Waals surface area contributed by atoms with Crippen LogP contribution in [-0.4, -0.2) is 29.0 Å². The van der Waals surface area contributed by atoms with Crippen molar-refractivity contribution in [3.63, 3.8) is 0 Å². The summed E-state index contributed by atoms with van der Waals surface area (Å²) in [5, 5.41) is 3.04. The molecule has 1 amide bonds. The number of amides is 1. The van der Waals surface area contributed by atoms with E-state index in [2.05, 4.69) is 21.4 Å². The molecule has 138 valence electrons. The lowest BCUT2D eigenvalue weighted by Gasteiger charge is -2.15. The fraction of sp³-hybridized carbons (Fsp3) is 0.450. The number of rotatable bonds is 5. The van der Waals surface area contributed by atoms with Crippen LogP contribution in [0.5, 0.6) is 5.75 Å². The summed E-state index contributed by atoms with van der Waals surface area (Å²) < 4.78 is 5.78. The number of carbonyl (C=O) groups is 1. The van der Waals surface area contributed by atoms with E-state index in [1.807, 2.05) is 25.1 Å². The van der Waals surface area contributed by atoms with Gasteiger partial charge in [0.25, 0.3) is 0 Å². The van der Waals surface area contributed by atoms with Gasteiger partial charge in [0.05, 0.1) is 6.61 Å². The van der Waals surface area contributed by atoms with Crippen molar-refractivity contribution in [1.82, 2.24) is 15.3 Å². The number of aryl methyl sites for hydroxylation is 2. The summed E-state index contributed by atoms with van der Waals surface area (Å²) in [6, 6.07) is 8.09. The van der Waals surface area contributed by atoms with Crippen LogP contribution in [0, 0.1) is 19.8 Å². The minimum absolute atomic E-state index is 0.0217. The lowest BCUT2D eigenvalue weighted by Crippen LogP contribution is -2.30. The van der Waals surface area contributed by atoms with E-state index >= 15 is 0 Å². The van der Waals surface area contributed by atoms with Crippen LogP contribution in [0.3, 0.4) is 0 Å². The maximum absolute atomic E-state index is 12.2. The molecule has 0 saturated heterocycles. The van der Waals surface area contributed by atoms with Crippen LogP contribution in [0.4, 0.5) is 0 Å². The molecule has 26 heavy (non-hydrogen) atoms. The Morgan fingerprint density at radius 2 is 2.15 bits per heavy atom. The van der Waals surface area contributed by atoms with E-state index in [-0.39, 0.29) is 11.6 Å². The highest BCUT2D eigenvalue weighted by molar-refractivity contribution is 5.76. The molecule has 2 aromatic rings. The molecule has 1 aromatic heterocycles. The maximum Gasteiger partial charge on any atom is 0.345 e. The van der Waals surface area contributed by atoms with Gasteiger partial charge < -0.3 is 15.0 Å². The molecule has 6 nitrogen and oxygen atoms in total. The molecule has 0 spiro atoms. The molecule has 0 saturated carbocycles. The zero-order valence-corrected chi connectivity index (χ0v) is 15.3. The Kier molecular flexibility index (Phi) is 5.71. The number of fused-ring (bicyclic) bond motifs is 1. The first-order valence-corrected chi connectivity index (χ1v) is 9.06. The van der Waals surface area contributed by atoms with Crippen LogP contribution in [0.2, 0.25) is 0 Å². The number of hydrogen-bond acceptors (Lipinski definition) is 4. The fourth-order valence-corrected chi connectivity index (χ4v) is 3.44. The van der Waals surface area contributed by atoms with Crippen molar-refractivity contribution >= 4 is 5.91 Å². The van der Waals surface area contributed by atoms with Crippen molar-refractivity contribution in [2.24, 2.45) is 5.92 Å². The Labute approximate surface area is 153 Å². The first-order chi connectivity index (χ1) is 12.5. The Morgan fingerprint density at radius 3 is 2.96 bits per heavy atom. The van der Waals surface area contributed by atoms with E-state index in [4.69, 9.17) is 4.74 Å². The lowest BCUT2D eigenvalue weighted by atomic mass is 9.97. The number of nitrogens with zero attached hydrogens (tertiary/aromatic N) is 1. The molecule has 1 atom stereocenters. The molecule has 3 rings (SSSR count). The monoisotopic (exact) mass is 355 g/mol. The second kappa shape index (κ2) is 8.17. The summed E-state index contributed by atoms with van der Waals surface area (Å²) in [5.41, 5.74) is 3.28. The normalized spacial score (nSPS) is 16.3. The van der Waals surface area contributed by atoms with Crippen molar-refractivity contribution in [2.75, 3.05) is 13.2 Å². The predicted molar refractivity (Wildman–Crippen MR) is 99.4 cm³/mol. The van der Waals surface area contributed by atoms with Gasteiger partial charge in [-0.15, -0.1) is 0 Å². The van der Waals surface area contributed by atoms with E-state index in [1.54, 1.807) is 6.92 Å². The molecule has 1 aliphatic heterocycles. The summed E-state index contributed by atoms with van der Waals surface area (Å²) >= 11 is 0. The molecule has 2 heterocycles. The molecule has 1 aromatic carbocycles. The number of ether oxygens (including phenoxy) is 1. The molecule has 0 aliphatic carbocycles. The van der Waals surface area contributed by atoms with Crippen molar-refractivity contribution in [2.45, 2.75) is 39.5 Å². The summed E-state index contributed by atoms with van der Waals surface area (Å²) in [4.78, 5) is 30.2. The molecule has 0 bridgehead atoms. The van der Waals surface area contributed by atoms with Crippen LogP contribution in [0.1, 0.15) is 35.4 Å². The second-order valence-corrected chi connectivity index (χ2v) is 6.85. The van der Waals surface area contributed by atoms with Gasteiger partial charge in [-0.3, -0.25) is 4.79 Å². The molecule has 0 radical (unpaired) electrons. The molecular formula is C20H25N3O3. The summed E-state index contributed by atoms with van der Waals surface area (Å²) in [6.07, 6.45) is 2.80. The average Bonchev–Trinajstić information content (AvgIpc) is 2.80. The number of nitrogens with one attached hydrogen (secondary N) is 2. The number of hydrogen-bond donors (Lipinski definition) is 2. The Hall–Kier alpha value is -2.63.